The van der Waals surface area contributed by atoms with Gasteiger partial charge in [-0.3, -0.25) is 0 Å². The summed E-state index contributed by atoms with van der Waals surface area (Å²) in [5.41, 5.74) is 3.56. The van der Waals surface area contributed by atoms with E-state index in [4.69, 9.17) is 0 Å². The van der Waals surface area contributed by atoms with Gasteiger partial charge in [-0.25, -0.2) is 0 Å². The first-order valence-electron chi connectivity index (χ1n) is 5.49. The van der Waals surface area contributed by atoms with E-state index in [1.165, 1.54) is 22.8 Å². The Balaban J connectivity index is 2.33. The fraction of sp³-hybridized carbons (Fsp3) is 0.286. The van der Waals surface area contributed by atoms with E-state index in [1.807, 2.05) is 0 Å². The maximum Gasteiger partial charge on any atom is 0.0335 e. The van der Waals surface area contributed by atoms with Crippen molar-refractivity contribution in [1.29, 1.82) is 0 Å². The molecule has 0 fully saturated rings. The van der Waals surface area contributed by atoms with E-state index in [-0.39, 0.29) is 0 Å². The first-order chi connectivity index (χ1) is 7.27. The molecule has 15 heavy (non-hydrogen) atoms. The first kappa shape index (κ1) is 9.17. The Hall–Kier alpha value is -1.08. The van der Waals surface area contributed by atoms with Crippen LogP contribution in [0.1, 0.15) is 23.6 Å². The summed E-state index contributed by atoms with van der Waals surface area (Å²) in [6, 6.07) is 13.2. The average Bonchev–Trinajstić information content (AvgIpc) is 2.56. The minimum atomic E-state index is 0.532. The maximum atomic E-state index is 3.84. The van der Waals surface area contributed by atoms with E-state index >= 15 is 0 Å². The van der Waals surface area contributed by atoms with Crippen LogP contribution in [0.2, 0.25) is 0 Å². The molecule has 0 saturated heterocycles. The van der Waals surface area contributed by atoms with Crippen molar-refractivity contribution >= 4 is 21.0 Å². The van der Waals surface area contributed by atoms with E-state index in [1.54, 1.807) is 5.56 Å². The number of rotatable bonds is 0. The molecule has 0 saturated carbocycles. The van der Waals surface area contributed by atoms with Gasteiger partial charge in [-0.05, 0) is 39.8 Å². The average molecular weight is 209 g/mol. The van der Waals surface area contributed by atoms with Crippen molar-refractivity contribution in [3.63, 3.8) is 0 Å². The monoisotopic (exact) mass is 209 g/mol. The van der Waals surface area contributed by atoms with Crippen LogP contribution in [0.25, 0.3) is 10.8 Å². The SMILES string of the molecule is CC1Cc2c(ccc3ccccc23)C1[Si]. The Morgan fingerprint density at radius 3 is 2.80 bits per heavy atom. The van der Waals surface area contributed by atoms with Crippen LogP contribution in [0.15, 0.2) is 36.4 Å². The highest BCUT2D eigenvalue weighted by atomic mass is 28.1. The molecule has 2 aromatic carbocycles. The summed E-state index contributed by atoms with van der Waals surface area (Å²) in [6.45, 7) is 2.31. The molecule has 2 unspecified atom stereocenters. The molecule has 2 atom stereocenters. The highest BCUT2D eigenvalue weighted by molar-refractivity contribution is 6.13. The lowest BCUT2D eigenvalue weighted by Crippen LogP contribution is -2.01. The molecule has 0 N–H and O–H groups in total. The minimum Gasteiger partial charge on any atom is -0.0619 e. The third-order valence-corrected chi connectivity index (χ3v) is 4.39. The molecule has 0 aromatic heterocycles. The maximum absolute atomic E-state index is 3.84. The molecule has 0 nitrogen and oxygen atoms in total. The Kier molecular flexibility index (Phi) is 1.96. The molecule has 0 spiro atoms. The zero-order chi connectivity index (χ0) is 10.4. The Labute approximate surface area is 93.7 Å². The lowest BCUT2D eigenvalue weighted by Gasteiger charge is -2.09. The van der Waals surface area contributed by atoms with Crippen molar-refractivity contribution in [1.82, 2.24) is 0 Å². The predicted octanol–water partition coefficient (Wildman–Crippen LogP) is 3.24. The van der Waals surface area contributed by atoms with Gasteiger partial charge in [-0.2, -0.15) is 0 Å². The van der Waals surface area contributed by atoms with Crippen LogP contribution in [0.3, 0.4) is 0 Å². The van der Waals surface area contributed by atoms with Crippen LogP contribution >= 0.6 is 0 Å². The molecule has 1 aliphatic rings. The Morgan fingerprint density at radius 1 is 1.13 bits per heavy atom. The van der Waals surface area contributed by atoms with E-state index < -0.39 is 0 Å². The number of hydrogen-bond acceptors (Lipinski definition) is 0. The van der Waals surface area contributed by atoms with E-state index in [0.717, 1.165) is 0 Å². The van der Waals surface area contributed by atoms with Gasteiger partial charge < -0.3 is 0 Å². The molecule has 3 rings (SSSR count). The largest absolute Gasteiger partial charge is 0.0619 e. The van der Waals surface area contributed by atoms with Crippen LogP contribution in [0, 0.1) is 5.92 Å². The number of benzene rings is 2. The fourth-order valence-electron chi connectivity index (χ4n) is 2.62. The Morgan fingerprint density at radius 2 is 1.93 bits per heavy atom. The molecule has 0 bridgehead atoms. The topological polar surface area (TPSA) is 0 Å². The zero-order valence-electron chi connectivity index (χ0n) is 8.83. The van der Waals surface area contributed by atoms with E-state index in [0.29, 0.717) is 11.5 Å². The zero-order valence-corrected chi connectivity index (χ0v) is 9.83. The van der Waals surface area contributed by atoms with Gasteiger partial charge in [0, 0.05) is 10.2 Å². The minimum absolute atomic E-state index is 0.532. The van der Waals surface area contributed by atoms with Crippen LogP contribution < -0.4 is 0 Å². The smallest absolute Gasteiger partial charge is 0.0335 e. The predicted molar refractivity (Wildman–Crippen MR) is 65.3 cm³/mol. The normalized spacial score (nSPS) is 24.4. The molecule has 1 heteroatoms. The summed E-state index contributed by atoms with van der Waals surface area (Å²) >= 11 is 0. The molecule has 73 valence electrons. The highest BCUT2D eigenvalue weighted by Crippen LogP contribution is 2.39. The summed E-state index contributed by atoms with van der Waals surface area (Å²) in [6.07, 6.45) is 1.20. The summed E-state index contributed by atoms with van der Waals surface area (Å²) in [4.78, 5) is 0. The van der Waals surface area contributed by atoms with Crippen molar-refractivity contribution in [3.05, 3.63) is 47.5 Å². The van der Waals surface area contributed by atoms with E-state index in [9.17, 15) is 0 Å². The summed E-state index contributed by atoms with van der Waals surface area (Å²) in [5.74, 6) is 0.711. The van der Waals surface area contributed by atoms with Crippen LogP contribution in [-0.4, -0.2) is 10.2 Å². The van der Waals surface area contributed by atoms with Crippen molar-refractivity contribution in [2.75, 3.05) is 0 Å². The molecule has 3 radical (unpaired) electrons. The lowest BCUT2D eigenvalue weighted by molar-refractivity contribution is 0.609. The molecular formula is C14H13Si. The Bertz CT molecular complexity index is 516. The number of fused-ring (bicyclic) bond motifs is 3. The second-order valence-electron chi connectivity index (χ2n) is 4.51. The summed E-state index contributed by atoms with van der Waals surface area (Å²) in [7, 11) is 3.84. The van der Waals surface area contributed by atoms with Gasteiger partial charge in [0.1, 0.15) is 0 Å². The van der Waals surface area contributed by atoms with Gasteiger partial charge in [0.15, 0.2) is 0 Å². The van der Waals surface area contributed by atoms with Crippen LogP contribution in [-0.2, 0) is 6.42 Å². The van der Waals surface area contributed by atoms with Gasteiger partial charge in [0.05, 0.1) is 0 Å². The molecule has 1 aliphatic carbocycles. The molecular weight excluding hydrogens is 196 g/mol. The van der Waals surface area contributed by atoms with Crippen LogP contribution in [0.5, 0.6) is 0 Å². The van der Waals surface area contributed by atoms with Gasteiger partial charge in [-0.15, -0.1) is 0 Å². The third kappa shape index (κ3) is 1.26. The fourth-order valence-corrected chi connectivity index (χ4v) is 3.01. The lowest BCUT2D eigenvalue weighted by atomic mass is 10.0. The highest BCUT2D eigenvalue weighted by Gasteiger charge is 2.26. The van der Waals surface area contributed by atoms with Crippen molar-refractivity contribution < 1.29 is 0 Å². The second kappa shape index (κ2) is 3.21. The number of hydrogen-bond donors (Lipinski definition) is 0. The second-order valence-corrected chi connectivity index (χ2v) is 5.14. The third-order valence-electron chi connectivity index (χ3n) is 3.51. The quantitative estimate of drug-likeness (QED) is 0.584. The van der Waals surface area contributed by atoms with Crippen molar-refractivity contribution in [3.8, 4) is 0 Å². The van der Waals surface area contributed by atoms with Gasteiger partial charge in [0.25, 0.3) is 0 Å². The first-order valence-corrected chi connectivity index (χ1v) is 6.07. The van der Waals surface area contributed by atoms with Crippen molar-refractivity contribution in [2.24, 2.45) is 5.92 Å². The molecule has 2 aromatic rings. The standard InChI is InChI=1S/C14H13Si/c1-9-8-13-11-5-3-2-4-10(11)6-7-12(13)14(9)15/h2-7,9,14H,8H2,1H3. The van der Waals surface area contributed by atoms with Gasteiger partial charge in [0.2, 0.25) is 0 Å². The summed E-state index contributed by atoms with van der Waals surface area (Å²) < 4.78 is 0. The van der Waals surface area contributed by atoms with Gasteiger partial charge in [-0.1, -0.05) is 43.3 Å². The molecule has 0 heterocycles. The van der Waals surface area contributed by atoms with Crippen LogP contribution in [0.4, 0.5) is 0 Å². The van der Waals surface area contributed by atoms with Gasteiger partial charge >= 0.3 is 0 Å². The molecule has 0 aliphatic heterocycles. The van der Waals surface area contributed by atoms with Crippen molar-refractivity contribution in [2.45, 2.75) is 18.9 Å². The molecule has 0 amide bonds. The summed E-state index contributed by atoms with van der Waals surface area (Å²) in [5, 5.41) is 2.80. The van der Waals surface area contributed by atoms with E-state index in [2.05, 4.69) is 53.6 Å².